The van der Waals surface area contributed by atoms with Gasteiger partial charge in [0.2, 0.25) is 23.2 Å². The molecular weight excluding hydrogens is 358 g/mol. The fourth-order valence-corrected chi connectivity index (χ4v) is 3.38. The number of oxazole rings is 1. The highest BCUT2D eigenvalue weighted by atomic mass is 16.5. The fraction of sp³-hybridized carbons (Fsp3) is 0.429. The summed E-state index contributed by atoms with van der Waals surface area (Å²) in [6.45, 7) is 0. The number of methoxy groups -OCH3 is 3. The van der Waals surface area contributed by atoms with E-state index < -0.39 is 0 Å². The molecule has 0 saturated heterocycles. The number of rotatable bonds is 7. The molecular formula is C21H25N3O4. The van der Waals surface area contributed by atoms with Crippen molar-refractivity contribution in [3.8, 4) is 23.3 Å². The predicted octanol–water partition coefficient (Wildman–Crippen LogP) is 4.49. The van der Waals surface area contributed by atoms with Gasteiger partial charge in [-0.25, -0.2) is 0 Å². The second kappa shape index (κ2) is 9.18. The smallest absolute Gasteiger partial charge is 0.232 e. The van der Waals surface area contributed by atoms with Crippen molar-refractivity contribution < 1.29 is 18.6 Å². The molecule has 7 nitrogen and oxygen atoms in total. The second-order valence-electron chi connectivity index (χ2n) is 6.61. The van der Waals surface area contributed by atoms with Gasteiger partial charge in [-0.15, -0.1) is 0 Å². The highest BCUT2D eigenvalue weighted by molar-refractivity contribution is 5.71. The molecule has 0 amide bonds. The lowest BCUT2D eigenvalue weighted by Crippen LogP contribution is -2.22. The summed E-state index contributed by atoms with van der Waals surface area (Å²) in [5.74, 6) is 2.46. The number of benzene rings is 1. The van der Waals surface area contributed by atoms with E-state index in [0.717, 1.165) is 18.4 Å². The first-order valence-electron chi connectivity index (χ1n) is 9.34. The largest absolute Gasteiger partial charge is 0.493 e. The quantitative estimate of drug-likeness (QED) is 0.753. The Hall–Kier alpha value is -3.14. The van der Waals surface area contributed by atoms with E-state index >= 15 is 0 Å². The highest BCUT2D eigenvalue weighted by Gasteiger charge is 2.18. The SMILES string of the molecule is COc1cc(C=Cc2nc(C#N)c(NC3CCCCC3)o2)cc(OC)c1OC. The predicted molar refractivity (Wildman–Crippen MR) is 107 cm³/mol. The Morgan fingerprint density at radius 1 is 1.07 bits per heavy atom. The van der Waals surface area contributed by atoms with Crippen molar-refractivity contribution in [1.29, 1.82) is 5.26 Å². The third kappa shape index (κ3) is 4.39. The number of anilines is 1. The number of nitrogens with one attached hydrogen (secondary N) is 1. The van der Waals surface area contributed by atoms with Crippen molar-refractivity contribution in [2.45, 2.75) is 38.1 Å². The van der Waals surface area contributed by atoms with Crippen LogP contribution in [-0.4, -0.2) is 32.4 Å². The molecule has 1 N–H and O–H groups in total. The van der Waals surface area contributed by atoms with Gasteiger partial charge in [0.05, 0.1) is 21.3 Å². The Labute approximate surface area is 164 Å². The topological polar surface area (TPSA) is 89.5 Å². The standard InChI is InChI=1S/C21H25N3O4/c1-25-17-11-14(12-18(26-2)20(17)27-3)9-10-19-24-16(13-22)21(28-19)23-15-7-5-4-6-8-15/h9-12,15,23H,4-8H2,1-3H3. The van der Waals surface area contributed by atoms with E-state index in [0.29, 0.717) is 35.1 Å². The molecule has 0 radical (unpaired) electrons. The van der Waals surface area contributed by atoms with Gasteiger partial charge >= 0.3 is 0 Å². The first-order valence-corrected chi connectivity index (χ1v) is 9.34. The summed E-state index contributed by atoms with van der Waals surface area (Å²) < 4.78 is 21.8. The Bertz CT molecular complexity index is 851. The first-order chi connectivity index (χ1) is 13.7. The minimum Gasteiger partial charge on any atom is -0.493 e. The molecule has 1 aromatic carbocycles. The van der Waals surface area contributed by atoms with Crippen LogP contribution in [0.25, 0.3) is 12.2 Å². The first kappa shape index (κ1) is 19.6. The molecule has 1 fully saturated rings. The number of hydrogen-bond acceptors (Lipinski definition) is 7. The maximum atomic E-state index is 9.36. The van der Waals surface area contributed by atoms with E-state index in [4.69, 9.17) is 18.6 Å². The average Bonchev–Trinajstić information content (AvgIpc) is 3.13. The molecule has 0 bridgehead atoms. The van der Waals surface area contributed by atoms with Gasteiger partial charge in [0.25, 0.3) is 0 Å². The number of hydrogen-bond donors (Lipinski definition) is 1. The molecule has 1 aliphatic carbocycles. The van der Waals surface area contributed by atoms with Crippen LogP contribution in [0.1, 0.15) is 49.3 Å². The molecule has 3 rings (SSSR count). The summed E-state index contributed by atoms with van der Waals surface area (Å²) in [6.07, 6.45) is 9.37. The molecule has 7 heteroatoms. The summed E-state index contributed by atoms with van der Waals surface area (Å²) in [4.78, 5) is 4.26. The van der Waals surface area contributed by atoms with Gasteiger partial charge in [0, 0.05) is 12.1 Å². The Morgan fingerprint density at radius 2 is 1.75 bits per heavy atom. The summed E-state index contributed by atoms with van der Waals surface area (Å²) in [6, 6.07) is 6.08. The summed E-state index contributed by atoms with van der Waals surface area (Å²) in [5.41, 5.74) is 1.10. The second-order valence-corrected chi connectivity index (χ2v) is 6.61. The molecule has 2 aromatic rings. The lowest BCUT2D eigenvalue weighted by molar-refractivity contribution is 0.324. The maximum absolute atomic E-state index is 9.36. The maximum Gasteiger partial charge on any atom is 0.232 e. The molecule has 0 aliphatic heterocycles. The lowest BCUT2D eigenvalue weighted by atomic mass is 9.95. The van der Waals surface area contributed by atoms with Crippen LogP contribution >= 0.6 is 0 Å². The normalized spacial score (nSPS) is 14.6. The van der Waals surface area contributed by atoms with E-state index in [1.807, 2.05) is 18.2 Å². The van der Waals surface area contributed by atoms with Crippen molar-refractivity contribution in [2.75, 3.05) is 26.6 Å². The van der Waals surface area contributed by atoms with E-state index in [2.05, 4.69) is 16.4 Å². The number of ether oxygens (including phenoxy) is 3. The van der Waals surface area contributed by atoms with E-state index in [1.165, 1.54) is 19.3 Å². The van der Waals surface area contributed by atoms with Crippen LogP contribution in [0, 0.1) is 11.3 Å². The van der Waals surface area contributed by atoms with Crippen LogP contribution in [0.5, 0.6) is 17.2 Å². The van der Waals surface area contributed by atoms with Crippen molar-refractivity contribution in [3.05, 3.63) is 29.3 Å². The van der Waals surface area contributed by atoms with Gasteiger partial charge in [-0.3, -0.25) is 0 Å². The molecule has 1 aliphatic rings. The Balaban J connectivity index is 1.81. The highest BCUT2D eigenvalue weighted by Crippen LogP contribution is 2.38. The van der Waals surface area contributed by atoms with Crippen molar-refractivity contribution in [1.82, 2.24) is 4.98 Å². The molecule has 1 aromatic heterocycles. The zero-order chi connectivity index (χ0) is 19.9. The lowest BCUT2D eigenvalue weighted by Gasteiger charge is -2.22. The fourth-order valence-electron chi connectivity index (χ4n) is 3.38. The molecule has 28 heavy (non-hydrogen) atoms. The number of nitrogens with zero attached hydrogens (tertiary/aromatic N) is 2. The zero-order valence-corrected chi connectivity index (χ0v) is 16.4. The minimum atomic E-state index is 0.273. The summed E-state index contributed by atoms with van der Waals surface area (Å²) >= 11 is 0. The van der Waals surface area contributed by atoms with Crippen LogP contribution in [0.2, 0.25) is 0 Å². The van der Waals surface area contributed by atoms with Gasteiger partial charge in [-0.1, -0.05) is 19.3 Å². The molecule has 0 atom stereocenters. The van der Waals surface area contributed by atoms with E-state index in [9.17, 15) is 5.26 Å². The minimum absolute atomic E-state index is 0.273. The molecule has 1 saturated carbocycles. The molecule has 0 spiro atoms. The van der Waals surface area contributed by atoms with Crippen molar-refractivity contribution in [2.24, 2.45) is 0 Å². The monoisotopic (exact) mass is 383 g/mol. The number of nitriles is 1. The summed E-state index contributed by atoms with van der Waals surface area (Å²) in [5, 5.41) is 12.7. The van der Waals surface area contributed by atoms with Crippen LogP contribution in [0.4, 0.5) is 5.88 Å². The molecule has 148 valence electrons. The van der Waals surface area contributed by atoms with Crippen LogP contribution in [0.3, 0.4) is 0 Å². The van der Waals surface area contributed by atoms with Gasteiger partial charge in [0.1, 0.15) is 6.07 Å². The zero-order valence-electron chi connectivity index (χ0n) is 16.4. The van der Waals surface area contributed by atoms with Crippen molar-refractivity contribution >= 4 is 18.0 Å². The van der Waals surface area contributed by atoms with Gasteiger partial charge < -0.3 is 23.9 Å². The van der Waals surface area contributed by atoms with Crippen LogP contribution < -0.4 is 19.5 Å². The van der Waals surface area contributed by atoms with Crippen molar-refractivity contribution in [3.63, 3.8) is 0 Å². The molecule has 0 unspecified atom stereocenters. The van der Waals surface area contributed by atoms with Crippen LogP contribution in [-0.2, 0) is 0 Å². The number of aromatic nitrogens is 1. The van der Waals surface area contributed by atoms with Gasteiger partial charge in [-0.05, 0) is 36.6 Å². The van der Waals surface area contributed by atoms with E-state index in [1.54, 1.807) is 27.4 Å². The third-order valence-corrected chi connectivity index (χ3v) is 4.80. The van der Waals surface area contributed by atoms with Crippen LogP contribution in [0.15, 0.2) is 16.5 Å². The third-order valence-electron chi connectivity index (χ3n) is 4.80. The summed E-state index contributed by atoms with van der Waals surface area (Å²) in [7, 11) is 4.70. The Morgan fingerprint density at radius 3 is 2.32 bits per heavy atom. The average molecular weight is 383 g/mol. The van der Waals surface area contributed by atoms with Gasteiger partial charge in [-0.2, -0.15) is 10.2 Å². The van der Waals surface area contributed by atoms with Gasteiger partial charge in [0.15, 0.2) is 11.5 Å². The van der Waals surface area contributed by atoms with E-state index in [-0.39, 0.29) is 5.69 Å². The Kier molecular flexibility index (Phi) is 6.43. The molecule has 1 heterocycles.